The predicted molar refractivity (Wildman–Crippen MR) is 68.4 cm³/mol. The first-order valence-electron chi connectivity index (χ1n) is 6.23. The van der Waals surface area contributed by atoms with Crippen molar-refractivity contribution in [2.24, 2.45) is 0 Å². The number of carbonyl (C=O) groups is 1. The van der Waals surface area contributed by atoms with Gasteiger partial charge in [-0.25, -0.2) is 8.78 Å². The second kappa shape index (κ2) is 5.81. The highest BCUT2D eigenvalue weighted by molar-refractivity contribution is 5.76. The lowest BCUT2D eigenvalue weighted by atomic mass is 10.0. The van der Waals surface area contributed by atoms with Crippen LogP contribution in [0.4, 0.5) is 8.78 Å². The summed E-state index contributed by atoms with van der Waals surface area (Å²) in [6.45, 7) is 1.68. The minimum Gasteiger partial charge on any atom is -0.349 e. The van der Waals surface area contributed by atoms with Crippen molar-refractivity contribution in [1.82, 2.24) is 5.32 Å². The van der Waals surface area contributed by atoms with Gasteiger partial charge in [0.25, 0.3) is 0 Å². The van der Waals surface area contributed by atoms with Gasteiger partial charge in [-0.15, -0.1) is 5.73 Å². The van der Waals surface area contributed by atoms with Gasteiger partial charge in [-0.3, -0.25) is 4.79 Å². The van der Waals surface area contributed by atoms with E-state index in [0.29, 0.717) is 12.8 Å². The molecule has 0 aliphatic heterocycles. The third kappa shape index (κ3) is 3.52. The first-order valence-corrected chi connectivity index (χ1v) is 6.23. The Labute approximate surface area is 110 Å². The minimum atomic E-state index is -0.641. The molecule has 1 amide bonds. The van der Waals surface area contributed by atoms with E-state index in [1.54, 1.807) is 6.92 Å². The van der Waals surface area contributed by atoms with Crippen LogP contribution in [0.25, 0.3) is 0 Å². The second-order valence-electron chi connectivity index (χ2n) is 4.61. The van der Waals surface area contributed by atoms with Crippen LogP contribution >= 0.6 is 0 Å². The summed E-state index contributed by atoms with van der Waals surface area (Å²) in [4.78, 5) is 11.7. The molecule has 4 heteroatoms. The molecule has 0 saturated carbocycles. The van der Waals surface area contributed by atoms with Crippen molar-refractivity contribution in [3.63, 3.8) is 0 Å². The Bertz CT molecular complexity index is 559. The fourth-order valence-electron chi connectivity index (χ4n) is 1.93. The smallest absolute Gasteiger partial charge is 0.220 e. The summed E-state index contributed by atoms with van der Waals surface area (Å²) >= 11 is 0. The summed E-state index contributed by atoms with van der Waals surface area (Å²) in [5.41, 5.74) is 4.44. The molecule has 0 aromatic heterocycles. The Morgan fingerprint density at radius 2 is 2.21 bits per heavy atom. The van der Waals surface area contributed by atoms with E-state index in [1.807, 2.05) is 6.08 Å². The van der Waals surface area contributed by atoms with Gasteiger partial charge in [-0.1, -0.05) is 6.07 Å². The van der Waals surface area contributed by atoms with Gasteiger partial charge in [-0.05, 0) is 31.1 Å². The maximum atomic E-state index is 13.5. The van der Waals surface area contributed by atoms with Gasteiger partial charge in [0.2, 0.25) is 5.91 Å². The van der Waals surface area contributed by atoms with Crippen molar-refractivity contribution in [3.05, 3.63) is 52.8 Å². The number of halogens is 2. The van der Waals surface area contributed by atoms with E-state index in [9.17, 15) is 13.6 Å². The topological polar surface area (TPSA) is 29.1 Å². The zero-order valence-corrected chi connectivity index (χ0v) is 10.7. The molecule has 1 aliphatic carbocycles. The van der Waals surface area contributed by atoms with Gasteiger partial charge in [-0.2, -0.15) is 0 Å². The normalized spacial score (nSPS) is 14.6. The van der Waals surface area contributed by atoms with E-state index < -0.39 is 17.7 Å². The average Bonchev–Trinajstić information content (AvgIpc) is 2.26. The molecular weight excluding hydrogens is 248 g/mol. The van der Waals surface area contributed by atoms with Crippen LogP contribution in [0.3, 0.4) is 0 Å². The lowest BCUT2D eigenvalue weighted by molar-refractivity contribution is -0.121. The predicted octanol–water partition coefficient (Wildman–Crippen LogP) is 3.41. The van der Waals surface area contributed by atoms with Crippen LogP contribution in [0.15, 0.2) is 35.6 Å². The van der Waals surface area contributed by atoms with Crippen LogP contribution in [-0.4, -0.2) is 5.91 Å². The fourth-order valence-corrected chi connectivity index (χ4v) is 1.93. The van der Waals surface area contributed by atoms with Crippen molar-refractivity contribution in [2.75, 3.05) is 0 Å². The van der Waals surface area contributed by atoms with E-state index in [1.165, 1.54) is 12.1 Å². The number of amides is 1. The molecule has 19 heavy (non-hydrogen) atoms. The largest absolute Gasteiger partial charge is 0.349 e. The zero-order valence-electron chi connectivity index (χ0n) is 10.7. The number of hydrogen-bond donors (Lipinski definition) is 1. The standard InChI is InChI=1S/C15H15F2NO/c1-10(13-7-6-12(16)9-14(13)17)18-15(19)8-5-11-3-2-4-11/h2,6-7,9-10H,3,5,8H2,1H3,(H,18,19)/t10-/m1/s1. The average molecular weight is 263 g/mol. The lowest BCUT2D eigenvalue weighted by Gasteiger charge is -2.15. The van der Waals surface area contributed by atoms with E-state index in [2.05, 4.69) is 11.0 Å². The van der Waals surface area contributed by atoms with Crippen LogP contribution in [0, 0.1) is 11.6 Å². The van der Waals surface area contributed by atoms with Gasteiger partial charge in [0.05, 0.1) is 6.04 Å². The molecule has 0 saturated heterocycles. The lowest BCUT2D eigenvalue weighted by Crippen LogP contribution is -2.27. The quantitative estimate of drug-likeness (QED) is 0.810. The summed E-state index contributed by atoms with van der Waals surface area (Å²) in [6.07, 6.45) is 3.86. The molecule has 2 nitrogen and oxygen atoms in total. The van der Waals surface area contributed by atoms with E-state index in [4.69, 9.17) is 0 Å². The summed E-state index contributed by atoms with van der Waals surface area (Å²) in [5.74, 6) is -1.40. The summed E-state index contributed by atoms with van der Waals surface area (Å²) in [5, 5.41) is 2.71. The Morgan fingerprint density at radius 3 is 2.79 bits per heavy atom. The van der Waals surface area contributed by atoms with Crippen LogP contribution in [-0.2, 0) is 4.79 Å². The van der Waals surface area contributed by atoms with Gasteiger partial charge in [0, 0.05) is 24.5 Å². The molecule has 0 unspecified atom stereocenters. The number of nitrogens with one attached hydrogen (secondary N) is 1. The first kappa shape index (κ1) is 13.5. The van der Waals surface area contributed by atoms with Crippen LogP contribution < -0.4 is 5.32 Å². The minimum absolute atomic E-state index is 0.141. The SMILES string of the molecule is C[C@@H](NC(=O)CCC1=C=CC1)c1ccc(F)cc1F. The maximum absolute atomic E-state index is 13.5. The molecule has 1 aliphatic rings. The van der Waals surface area contributed by atoms with Crippen molar-refractivity contribution < 1.29 is 13.6 Å². The molecule has 1 aromatic rings. The van der Waals surface area contributed by atoms with Crippen LogP contribution in [0.1, 0.15) is 37.8 Å². The second-order valence-corrected chi connectivity index (χ2v) is 4.61. The summed E-state index contributed by atoms with van der Waals surface area (Å²) < 4.78 is 26.3. The van der Waals surface area contributed by atoms with Crippen LogP contribution in [0.5, 0.6) is 0 Å². The highest BCUT2D eigenvalue weighted by Crippen LogP contribution is 2.19. The fraction of sp³-hybridized carbons (Fsp3) is 0.333. The van der Waals surface area contributed by atoms with Gasteiger partial charge in [0.1, 0.15) is 11.6 Å². The third-order valence-corrected chi connectivity index (χ3v) is 3.11. The molecule has 0 radical (unpaired) electrons. The van der Waals surface area contributed by atoms with E-state index >= 15 is 0 Å². The maximum Gasteiger partial charge on any atom is 0.220 e. The van der Waals surface area contributed by atoms with E-state index in [0.717, 1.165) is 18.1 Å². The molecule has 100 valence electrons. The number of rotatable bonds is 5. The van der Waals surface area contributed by atoms with Crippen molar-refractivity contribution >= 4 is 5.91 Å². The van der Waals surface area contributed by atoms with E-state index in [-0.39, 0.29) is 11.5 Å². The molecule has 1 atom stereocenters. The summed E-state index contributed by atoms with van der Waals surface area (Å²) in [7, 11) is 0. The Balaban J connectivity index is 1.90. The molecule has 1 N–H and O–H groups in total. The molecule has 0 bridgehead atoms. The third-order valence-electron chi connectivity index (χ3n) is 3.11. The van der Waals surface area contributed by atoms with Crippen molar-refractivity contribution in [1.29, 1.82) is 0 Å². The summed E-state index contributed by atoms with van der Waals surface area (Å²) in [6, 6.07) is 2.89. The Kier molecular flexibility index (Phi) is 4.13. The van der Waals surface area contributed by atoms with Gasteiger partial charge >= 0.3 is 0 Å². The molecule has 1 aromatic carbocycles. The molecule has 2 rings (SSSR count). The Morgan fingerprint density at radius 1 is 1.47 bits per heavy atom. The Hall–Kier alpha value is -1.93. The number of hydrogen-bond acceptors (Lipinski definition) is 1. The molecular formula is C15H15F2NO. The monoisotopic (exact) mass is 263 g/mol. The zero-order chi connectivity index (χ0) is 13.8. The highest BCUT2D eigenvalue weighted by atomic mass is 19.1. The van der Waals surface area contributed by atoms with Gasteiger partial charge < -0.3 is 5.32 Å². The van der Waals surface area contributed by atoms with Crippen LogP contribution in [0.2, 0.25) is 0 Å². The molecule has 0 heterocycles. The van der Waals surface area contributed by atoms with Crippen molar-refractivity contribution in [2.45, 2.75) is 32.2 Å². The number of allylic oxidation sites excluding steroid dienone is 1. The molecule has 0 spiro atoms. The molecule has 0 fully saturated rings. The van der Waals surface area contributed by atoms with Crippen molar-refractivity contribution in [3.8, 4) is 0 Å². The number of benzene rings is 1. The highest BCUT2D eigenvalue weighted by Gasteiger charge is 2.14. The number of carbonyl (C=O) groups excluding carboxylic acids is 1. The van der Waals surface area contributed by atoms with Gasteiger partial charge in [0.15, 0.2) is 0 Å². The first-order chi connectivity index (χ1) is 9.06.